The number of hydrogen-bond donors (Lipinski definition) is 2. The van der Waals surface area contributed by atoms with Crippen molar-refractivity contribution in [1.29, 1.82) is 0 Å². The first-order valence-corrected chi connectivity index (χ1v) is 7.40. The Morgan fingerprint density at radius 1 is 1.47 bits per heavy atom. The van der Waals surface area contributed by atoms with E-state index in [1.165, 1.54) is 0 Å². The van der Waals surface area contributed by atoms with Crippen LogP contribution in [0, 0.1) is 5.92 Å². The molecule has 0 spiro atoms. The monoisotopic (exact) mass is 268 g/mol. The molecule has 0 aromatic heterocycles. The molecule has 0 saturated carbocycles. The molecule has 0 atom stereocenters. The molecule has 1 aromatic carbocycles. The Kier molecular flexibility index (Phi) is 5.78. The first-order chi connectivity index (χ1) is 8.06. The highest BCUT2D eigenvalue weighted by atomic mass is 32.2. The average Bonchev–Trinajstić information content (AvgIpc) is 2.27. The van der Waals surface area contributed by atoms with Gasteiger partial charge in [0.25, 0.3) is 0 Å². The van der Waals surface area contributed by atoms with Crippen molar-refractivity contribution in [3.8, 4) is 0 Å². The van der Waals surface area contributed by atoms with Gasteiger partial charge in [0.1, 0.15) is 4.99 Å². The Morgan fingerprint density at radius 3 is 2.71 bits per heavy atom. The zero-order valence-electron chi connectivity index (χ0n) is 10.6. The van der Waals surface area contributed by atoms with Crippen molar-refractivity contribution >= 4 is 34.7 Å². The van der Waals surface area contributed by atoms with E-state index in [2.05, 4.69) is 19.2 Å². The predicted octanol–water partition coefficient (Wildman–Crippen LogP) is 3.50. The second-order valence-corrected chi connectivity index (χ2v) is 5.64. The van der Waals surface area contributed by atoms with Gasteiger partial charge in [-0.3, -0.25) is 0 Å². The van der Waals surface area contributed by atoms with Crippen LogP contribution < -0.4 is 11.1 Å². The number of benzene rings is 1. The fourth-order valence-electron chi connectivity index (χ4n) is 1.60. The van der Waals surface area contributed by atoms with Gasteiger partial charge < -0.3 is 11.1 Å². The van der Waals surface area contributed by atoms with E-state index < -0.39 is 0 Å². The van der Waals surface area contributed by atoms with Gasteiger partial charge >= 0.3 is 0 Å². The van der Waals surface area contributed by atoms with E-state index in [0.717, 1.165) is 29.1 Å². The molecule has 2 nitrogen and oxygen atoms in total. The molecule has 0 aliphatic rings. The number of nitrogens with two attached hydrogens (primary N) is 1. The van der Waals surface area contributed by atoms with Crippen LogP contribution in [0.25, 0.3) is 0 Å². The molecular weight excluding hydrogens is 248 g/mol. The van der Waals surface area contributed by atoms with Gasteiger partial charge in [0, 0.05) is 22.7 Å². The maximum atomic E-state index is 5.80. The molecule has 0 heterocycles. The summed E-state index contributed by atoms with van der Waals surface area (Å²) in [5.74, 6) is 0.694. The summed E-state index contributed by atoms with van der Waals surface area (Å²) in [6.45, 7) is 5.38. The van der Waals surface area contributed by atoms with Crippen LogP contribution in [-0.2, 0) is 0 Å². The number of anilines is 1. The number of thioether (sulfide) groups is 1. The number of thiocarbonyl (C=S) groups is 1. The molecule has 1 aromatic rings. The van der Waals surface area contributed by atoms with Crippen LogP contribution in [0.2, 0.25) is 0 Å². The smallest absolute Gasteiger partial charge is 0.107 e. The molecule has 17 heavy (non-hydrogen) atoms. The van der Waals surface area contributed by atoms with E-state index in [9.17, 15) is 0 Å². The maximum Gasteiger partial charge on any atom is 0.107 e. The minimum absolute atomic E-state index is 0.460. The molecule has 0 saturated heterocycles. The SMILES string of the molecule is CSc1cccc(NCCC(C)C)c1C(N)=S. The topological polar surface area (TPSA) is 38.0 Å². The zero-order chi connectivity index (χ0) is 12.8. The van der Waals surface area contributed by atoms with Crippen molar-refractivity contribution < 1.29 is 0 Å². The van der Waals surface area contributed by atoms with Crippen molar-refractivity contribution in [2.75, 3.05) is 18.1 Å². The van der Waals surface area contributed by atoms with Crippen molar-refractivity contribution in [3.05, 3.63) is 23.8 Å². The highest BCUT2D eigenvalue weighted by Gasteiger charge is 2.10. The highest BCUT2D eigenvalue weighted by Crippen LogP contribution is 2.27. The van der Waals surface area contributed by atoms with E-state index in [1.54, 1.807) is 11.8 Å². The quantitative estimate of drug-likeness (QED) is 0.612. The van der Waals surface area contributed by atoms with E-state index in [-0.39, 0.29) is 0 Å². The fourth-order valence-corrected chi connectivity index (χ4v) is 2.52. The average molecular weight is 268 g/mol. The normalized spacial score (nSPS) is 10.6. The van der Waals surface area contributed by atoms with Gasteiger partial charge in [0.2, 0.25) is 0 Å². The lowest BCUT2D eigenvalue weighted by molar-refractivity contribution is 0.607. The molecule has 94 valence electrons. The van der Waals surface area contributed by atoms with Crippen LogP contribution in [0.3, 0.4) is 0 Å². The Bertz CT molecular complexity index is 389. The van der Waals surface area contributed by atoms with Gasteiger partial charge in [-0.05, 0) is 30.7 Å². The van der Waals surface area contributed by atoms with Gasteiger partial charge in [-0.15, -0.1) is 11.8 Å². The van der Waals surface area contributed by atoms with Crippen molar-refractivity contribution in [1.82, 2.24) is 0 Å². The summed E-state index contributed by atoms with van der Waals surface area (Å²) in [6, 6.07) is 6.12. The number of hydrogen-bond acceptors (Lipinski definition) is 3. The molecule has 3 N–H and O–H groups in total. The second kappa shape index (κ2) is 6.87. The third-order valence-corrected chi connectivity index (χ3v) is 3.51. The summed E-state index contributed by atoms with van der Waals surface area (Å²) in [6.07, 6.45) is 3.18. The molecule has 1 rings (SSSR count). The first-order valence-electron chi connectivity index (χ1n) is 5.77. The summed E-state index contributed by atoms with van der Waals surface area (Å²) >= 11 is 6.80. The Labute approximate surface area is 113 Å². The van der Waals surface area contributed by atoms with Gasteiger partial charge in [0.05, 0.1) is 0 Å². The standard InChI is InChI=1S/C13H20N2S2/c1-9(2)7-8-15-10-5-4-6-11(17-3)12(10)13(14)16/h4-6,9,15H,7-8H2,1-3H3,(H2,14,16). The Hall–Kier alpha value is -0.740. The lowest BCUT2D eigenvalue weighted by atomic mass is 10.1. The van der Waals surface area contributed by atoms with Crippen LogP contribution in [0.1, 0.15) is 25.8 Å². The first kappa shape index (κ1) is 14.3. The largest absolute Gasteiger partial charge is 0.389 e. The summed E-state index contributed by atoms with van der Waals surface area (Å²) < 4.78 is 0. The third kappa shape index (κ3) is 4.21. The molecule has 4 heteroatoms. The number of rotatable bonds is 6. The minimum atomic E-state index is 0.460. The molecular formula is C13H20N2S2. The van der Waals surface area contributed by atoms with Crippen LogP contribution in [0.5, 0.6) is 0 Å². The van der Waals surface area contributed by atoms with Crippen LogP contribution in [0.4, 0.5) is 5.69 Å². The molecule has 0 amide bonds. The predicted molar refractivity (Wildman–Crippen MR) is 82.1 cm³/mol. The molecule has 0 aliphatic heterocycles. The van der Waals surface area contributed by atoms with Crippen LogP contribution in [0.15, 0.2) is 23.1 Å². The summed E-state index contributed by atoms with van der Waals surface area (Å²) in [4.78, 5) is 1.59. The van der Waals surface area contributed by atoms with Crippen LogP contribution >= 0.6 is 24.0 Å². The van der Waals surface area contributed by atoms with Crippen molar-refractivity contribution in [2.24, 2.45) is 11.7 Å². The van der Waals surface area contributed by atoms with E-state index in [0.29, 0.717) is 10.9 Å². The highest BCUT2D eigenvalue weighted by molar-refractivity contribution is 7.98. The summed E-state index contributed by atoms with van der Waals surface area (Å²) in [7, 11) is 0. The fraction of sp³-hybridized carbons (Fsp3) is 0.462. The Balaban J connectivity index is 2.87. The molecule has 0 fully saturated rings. The number of nitrogens with one attached hydrogen (secondary N) is 1. The van der Waals surface area contributed by atoms with Crippen molar-refractivity contribution in [2.45, 2.75) is 25.2 Å². The maximum absolute atomic E-state index is 5.80. The van der Waals surface area contributed by atoms with Crippen LogP contribution in [-0.4, -0.2) is 17.8 Å². The lowest BCUT2D eigenvalue weighted by Gasteiger charge is -2.14. The third-order valence-electron chi connectivity index (χ3n) is 2.53. The molecule has 0 bridgehead atoms. The van der Waals surface area contributed by atoms with E-state index in [1.807, 2.05) is 24.5 Å². The Morgan fingerprint density at radius 2 is 2.18 bits per heavy atom. The lowest BCUT2D eigenvalue weighted by Crippen LogP contribution is -2.15. The van der Waals surface area contributed by atoms with Gasteiger partial charge in [-0.1, -0.05) is 32.1 Å². The van der Waals surface area contributed by atoms with Gasteiger partial charge in [0.15, 0.2) is 0 Å². The van der Waals surface area contributed by atoms with Gasteiger partial charge in [-0.25, -0.2) is 0 Å². The molecule has 0 aliphatic carbocycles. The molecule has 0 radical (unpaired) electrons. The van der Waals surface area contributed by atoms with Gasteiger partial charge in [-0.2, -0.15) is 0 Å². The van der Waals surface area contributed by atoms with Crippen molar-refractivity contribution in [3.63, 3.8) is 0 Å². The minimum Gasteiger partial charge on any atom is -0.389 e. The molecule has 0 unspecified atom stereocenters. The van der Waals surface area contributed by atoms with E-state index in [4.69, 9.17) is 18.0 Å². The summed E-state index contributed by atoms with van der Waals surface area (Å²) in [5, 5.41) is 3.42. The summed E-state index contributed by atoms with van der Waals surface area (Å²) in [5.41, 5.74) is 7.82. The second-order valence-electron chi connectivity index (χ2n) is 4.36. The van der Waals surface area contributed by atoms with E-state index >= 15 is 0 Å². The zero-order valence-corrected chi connectivity index (χ0v) is 12.3.